The van der Waals surface area contributed by atoms with E-state index in [0.717, 1.165) is 11.1 Å². The molecule has 0 unspecified atom stereocenters. The fourth-order valence-corrected chi connectivity index (χ4v) is 1.94. The van der Waals surface area contributed by atoms with Gasteiger partial charge in [-0.05, 0) is 49.6 Å². The number of aryl methyl sites for hydroxylation is 2. The number of hydrogen-bond acceptors (Lipinski definition) is 2. The summed E-state index contributed by atoms with van der Waals surface area (Å²) < 4.78 is 0. The van der Waals surface area contributed by atoms with Crippen molar-refractivity contribution in [1.29, 1.82) is 0 Å². The van der Waals surface area contributed by atoms with E-state index in [0.29, 0.717) is 16.8 Å². The molecule has 18 heavy (non-hydrogen) atoms. The molecule has 0 atom stereocenters. The minimum atomic E-state index is 0.0305. The molecule has 0 aromatic heterocycles. The number of nitrogen functional groups attached to an aromatic ring is 1. The van der Waals surface area contributed by atoms with E-state index < -0.39 is 0 Å². The van der Waals surface area contributed by atoms with Crippen molar-refractivity contribution in [1.82, 2.24) is 0 Å². The van der Waals surface area contributed by atoms with Crippen LogP contribution in [0.25, 0.3) is 0 Å². The van der Waals surface area contributed by atoms with E-state index in [1.807, 2.05) is 57.2 Å². The first-order valence-electron chi connectivity index (χ1n) is 5.97. The van der Waals surface area contributed by atoms with Gasteiger partial charge in [0.1, 0.15) is 0 Å². The SMILES string of the molecule is Cc1ccc(C(=O)c2cccc(N)c2C)cc1C. The fourth-order valence-electron chi connectivity index (χ4n) is 1.94. The molecule has 0 aliphatic carbocycles. The van der Waals surface area contributed by atoms with Crippen LogP contribution in [0.2, 0.25) is 0 Å². The van der Waals surface area contributed by atoms with Gasteiger partial charge in [0, 0.05) is 16.8 Å². The van der Waals surface area contributed by atoms with Crippen molar-refractivity contribution in [3.05, 3.63) is 64.2 Å². The van der Waals surface area contributed by atoms with Crippen LogP contribution in [-0.2, 0) is 0 Å². The number of anilines is 1. The minimum Gasteiger partial charge on any atom is -0.398 e. The summed E-state index contributed by atoms with van der Waals surface area (Å²) in [5, 5.41) is 0. The molecule has 2 N–H and O–H groups in total. The highest BCUT2D eigenvalue weighted by molar-refractivity contribution is 6.10. The second kappa shape index (κ2) is 4.65. The van der Waals surface area contributed by atoms with Gasteiger partial charge in [-0.2, -0.15) is 0 Å². The predicted molar refractivity (Wildman–Crippen MR) is 74.9 cm³/mol. The molecule has 0 amide bonds. The van der Waals surface area contributed by atoms with E-state index in [2.05, 4.69) is 0 Å². The Morgan fingerprint density at radius 2 is 1.72 bits per heavy atom. The maximum atomic E-state index is 12.4. The van der Waals surface area contributed by atoms with Crippen LogP contribution in [0.15, 0.2) is 36.4 Å². The number of nitrogens with two attached hydrogens (primary N) is 1. The van der Waals surface area contributed by atoms with Gasteiger partial charge in [0.05, 0.1) is 0 Å². The average Bonchev–Trinajstić information content (AvgIpc) is 2.35. The zero-order chi connectivity index (χ0) is 13.3. The van der Waals surface area contributed by atoms with Gasteiger partial charge in [0.25, 0.3) is 0 Å². The molecule has 0 radical (unpaired) electrons. The molecule has 0 bridgehead atoms. The van der Waals surface area contributed by atoms with Gasteiger partial charge in [-0.3, -0.25) is 4.79 Å². The maximum absolute atomic E-state index is 12.4. The second-order valence-electron chi connectivity index (χ2n) is 4.65. The lowest BCUT2D eigenvalue weighted by Crippen LogP contribution is -2.06. The van der Waals surface area contributed by atoms with Crippen molar-refractivity contribution in [3.63, 3.8) is 0 Å². The maximum Gasteiger partial charge on any atom is 0.193 e. The number of hydrogen-bond donors (Lipinski definition) is 1. The lowest BCUT2D eigenvalue weighted by Gasteiger charge is -2.09. The Balaban J connectivity index is 2.48. The number of benzene rings is 2. The molecular formula is C16H17NO. The van der Waals surface area contributed by atoms with Crippen LogP contribution in [0.1, 0.15) is 32.6 Å². The predicted octanol–water partition coefficient (Wildman–Crippen LogP) is 3.43. The summed E-state index contributed by atoms with van der Waals surface area (Å²) in [5.41, 5.74) is 11.1. The van der Waals surface area contributed by atoms with Gasteiger partial charge in [-0.25, -0.2) is 0 Å². The molecule has 0 spiro atoms. The molecular weight excluding hydrogens is 222 g/mol. The van der Waals surface area contributed by atoms with Crippen molar-refractivity contribution in [2.45, 2.75) is 20.8 Å². The molecule has 2 aromatic carbocycles. The van der Waals surface area contributed by atoms with Crippen LogP contribution >= 0.6 is 0 Å². The van der Waals surface area contributed by atoms with Crippen molar-refractivity contribution in [2.24, 2.45) is 0 Å². The summed E-state index contributed by atoms with van der Waals surface area (Å²) in [5.74, 6) is 0.0305. The molecule has 0 saturated heterocycles. The van der Waals surface area contributed by atoms with E-state index >= 15 is 0 Å². The van der Waals surface area contributed by atoms with Crippen molar-refractivity contribution < 1.29 is 4.79 Å². The standard InChI is InChI=1S/C16H17NO/c1-10-7-8-13(9-11(10)2)16(18)14-5-4-6-15(17)12(14)3/h4-9H,17H2,1-3H3. The highest BCUT2D eigenvalue weighted by Crippen LogP contribution is 2.20. The Labute approximate surface area is 107 Å². The van der Waals surface area contributed by atoms with Gasteiger partial charge < -0.3 is 5.73 Å². The quantitative estimate of drug-likeness (QED) is 0.644. The Morgan fingerprint density at radius 3 is 2.39 bits per heavy atom. The monoisotopic (exact) mass is 239 g/mol. The molecule has 0 saturated carbocycles. The Hall–Kier alpha value is -2.09. The van der Waals surface area contributed by atoms with Crippen molar-refractivity contribution >= 4 is 11.5 Å². The molecule has 0 heterocycles. The third kappa shape index (κ3) is 2.14. The zero-order valence-corrected chi connectivity index (χ0v) is 10.9. The van der Waals surface area contributed by atoms with E-state index in [1.54, 1.807) is 0 Å². The number of carbonyl (C=O) groups excluding carboxylic acids is 1. The van der Waals surface area contributed by atoms with Crippen LogP contribution in [0.4, 0.5) is 5.69 Å². The largest absolute Gasteiger partial charge is 0.398 e. The van der Waals surface area contributed by atoms with Gasteiger partial charge >= 0.3 is 0 Å². The van der Waals surface area contributed by atoms with E-state index in [1.165, 1.54) is 5.56 Å². The average molecular weight is 239 g/mol. The third-order valence-corrected chi connectivity index (χ3v) is 3.39. The Kier molecular flexibility index (Phi) is 3.19. The van der Waals surface area contributed by atoms with Crippen LogP contribution in [0.3, 0.4) is 0 Å². The summed E-state index contributed by atoms with van der Waals surface area (Å²) in [6.07, 6.45) is 0. The van der Waals surface area contributed by atoms with E-state index in [9.17, 15) is 4.79 Å². The second-order valence-corrected chi connectivity index (χ2v) is 4.65. The molecule has 2 rings (SSSR count). The summed E-state index contributed by atoms with van der Waals surface area (Å²) in [6.45, 7) is 5.93. The first-order chi connectivity index (χ1) is 8.50. The number of carbonyl (C=O) groups is 1. The lowest BCUT2D eigenvalue weighted by atomic mass is 9.96. The number of ketones is 1. The number of rotatable bonds is 2. The van der Waals surface area contributed by atoms with Gasteiger partial charge in [0.2, 0.25) is 0 Å². The third-order valence-electron chi connectivity index (χ3n) is 3.39. The normalized spacial score (nSPS) is 10.4. The first-order valence-corrected chi connectivity index (χ1v) is 5.97. The van der Waals surface area contributed by atoms with Crippen LogP contribution in [0, 0.1) is 20.8 Å². The van der Waals surface area contributed by atoms with Crippen LogP contribution < -0.4 is 5.73 Å². The highest BCUT2D eigenvalue weighted by atomic mass is 16.1. The topological polar surface area (TPSA) is 43.1 Å². The summed E-state index contributed by atoms with van der Waals surface area (Å²) in [6, 6.07) is 11.2. The fraction of sp³-hybridized carbons (Fsp3) is 0.188. The van der Waals surface area contributed by atoms with Crippen LogP contribution in [0.5, 0.6) is 0 Å². The molecule has 2 heteroatoms. The Morgan fingerprint density at radius 1 is 1.00 bits per heavy atom. The van der Waals surface area contributed by atoms with Gasteiger partial charge in [-0.15, -0.1) is 0 Å². The van der Waals surface area contributed by atoms with E-state index in [-0.39, 0.29) is 5.78 Å². The molecule has 2 nitrogen and oxygen atoms in total. The Bertz CT molecular complexity index is 614. The summed E-state index contributed by atoms with van der Waals surface area (Å²) >= 11 is 0. The molecule has 0 aliphatic heterocycles. The van der Waals surface area contributed by atoms with E-state index in [4.69, 9.17) is 5.73 Å². The molecule has 0 fully saturated rings. The smallest absolute Gasteiger partial charge is 0.193 e. The zero-order valence-electron chi connectivity index (χ0n) is 10.9. The van der Waals surface area contributed by atoms with Crippen molar-refractivity contribution in [3.8, 4) is 0 Å². The van der Waals surface area contributed by atoms with Gasteiger partial charge in [0.15, 0.2) is 5.78 Å². The minimum absolute atomic E-state index is 0.0305. The molecule has 0 aliphatic rings. The molecule has 2 aromatic rings. The lowest BCUT2D eigenvalue weighted by molar-refractivity contribution is 0.103. The molecule has 92 valence electrons. The summed E-state index contributed by atoms with van der Waals surface area (Å²) in [4.78, 5) is 12.4. The highest BCUT2D eigenvalue weighted by Gasteiger charge is 2.13. The van der Waals surface area contributed by atoms with Crippen LogP contribution in [-0.4, -0.2) is 5.78 Å². The first kappa shape index (κ1) is 12.4. The van der Waals surface area contributed by atoms with Crippen molar-refractivity contribution in [2.75, 3.05) is 5.73 Å². The summed E-state index contributed by atoms with van der Waals surface area (Å²) in [7, 11) is 0. The van der Waals surface area contributed by atoms with Gasteiger partial charge in [-0.1, -0.05) is 24.3 Å².